The molecule has 0 aliphatic carbocycles. The molecule has 0 unspecified atom stereocenters. The van der Waals surface area contributed by atoms with Crippen molar-refractivity contribution in [3.05, 3.63) is 48.0 Å². The summed E-state index contributed by atoms with van der Waals surface area (Å²) in [6, 6.07) is 0. The lowest BCUT2D eigenvalue weighted by atomic mass is 10.2. The Balaban J connectivity index is 4.06. The number of allylic oxidation sites excluding steroid dienone is 6. The van der Waals surface area contributed by atoms with E-state index in [1.165, 1.54) is 6.20 Å². The molecule has 0 radical (unpaired) electrons. The maximum atomic E-state index is 5.18. The Morgan fingerprint density at radius 3 is 2.50 bits per heavy atom. The van der Waals surface area contributed by atoms with Gasteiger partial charge in [-0.25, -0.2) is 0 Å². The predicted octanol–water partition coefficient (Wildman–Crippen LogP) is 1.85. The molecule has 0 spiro atoms. The van der Waals surface area contributed by atoms with Crippen LogP contribution in [0.2, 0.25) is 0 Å². The molecular weight excluding hydrogens is 174 g/mol. The molecule has 14 heavy (non-hydrogen) atoms. The molecule has 0 saturated carbocycles. The van der Waals surface area contributed by atoms with Crippen LogP contribution in [0.15, 0.2) is 53.0 Å². The standard InChI is InChI=1S/C11H17N3/c1-3-4-6-10(2)7-5-8-14-9-11(12)13/h3-9H,12-13H2,1-2H3/b4-3-,7-5+,10-6+,14-8+. The van der Waals surface area contributed by atoms with Gasteiger partial charge in [0.2, 0.25) is 0 Å². The van der Waals surface area contributed by atoms with Gasteiger partial charge in [0.05, 0.1) is 6.20 Å². The molecule has 0 aromatic carbocycles. The molecule has 4 N–H and O–H groups in total. The smallest absolute Gasteiger partial charge is 0.112 e. The molecule has 0 aliphatic rings. The Labute approximate surface area is 85.2 Å². The van der Waals surface area contributed by atoms with Gasteiger partial charge in [-0.05, 0) is 19.9 Å². The van der Waals surface area contributed by atoms with Gasteiger partial charge < -0.3 is 11.5 Å². The average molecular weight is 191 g/mol. The van der Waals surface area contributed by atoms with Gasteiger partial charge in [-0.15, -0.1) is 0 Å². The number of aliphatic imine (C=N–C) groups is 1. The van der Waals surface area contributed by atoms with Crippen molar-refractivity contribution < 1.29 is 0 Å². The fraction of sp³-hybridized carbons (Fsp3) is 0.182. The van der Waals surface area contributed by atoms with Crippen molar-refractivity contribution in [1.29, 1.82) is 0 Å². The zero-order chi connectivity index (χ0) is 10.8. The second-order valence-corrected chi connectivity index (χ2v) is 2.72. The molecule has 0 aliphatic heterocycles. The Hall–Kier alpha value is -1.77. The number of nitrogens with zero attached hydrogens (tertiary/aromatic N) is 1. The van der Waals surface area contributed by atoms with E-state index in [0.29, 0.717) is 0 Å². The minimum Gasteiger partial charge on any atom is -0.384 e. The fourth-order valence-corrected chi connectivity index (χ4v) is 0.677. The van der Waals surface area contributed by atoms with Crippen molar-refractivity contribution in [2.24, 2.45) is 16.5 Å². The zero-order valence-corrected chi connectivity index (χ0v) is 8.64. The van der Waals surface area contributed by atoms with Crippen molar-refractivity contribution in [2.75, 3.05) is 0 Å². The first-order valence-corrected chi connectivity index (χ1v) is 4.37. The van der Waals surface area contributed by atoms with Crippen molar-refractivity contribution in [1.82, 2.24) is 0 Å². The topological polar surface area (TPSA) is 64.4 Å². The molecule has 76 valence electrons. The normalized spacial score (nSPS) is 13.1. The number of rotatable bonds is 4. The summed E-state index contributed by atoms with van der Waals surface area (Å²) < 4.78 is 0. The highest BCUT2D eigenvalue weighted by Crippen LogP contribution is 1.94. The number of hydrogen-bond acceptors (Lipinski definition) is 3. The molecule has 0 rings (SSSR count). The van der Waals surface area contributed by atoms with E-state index in [2.05, 4.69) is 4.99 Å². The number of nitrogens with two attached hydrogens (primary N) is 2. The van der Waals surface area contributed by atoms with Crippen molar-refractivity contribution in [3.8, 4) is 0 Å². The summed E-state index contributed by atoms with van der Waals surface area (Å²) in [5.74, 6) is 0.204. The lowest BCUT2D eigenvalue weighted by Gasteiger charge is -1.85. The first kappa shape index (κ1) is 12.2. The van der Waals surface area contributed by atoms with Gasteiger partial charge in [-0.3, -0.25) is 4.99 Å². The van der Waals surface area contributed by atoms with Gasteiger partial charge in [0.1, 0.15) is 5.82 Å². The first-order valence-electron chi connectivity index (χ1n) is 4.37. The Bertz CT molecular complexity index is 290. The van der Waals surface area contributed by atoms with Gasteiger partial charge in [-0.2, -0.15) is 0 Å². The molecule has 0 saturated heterocycles. The van der Waals surface area contributed by atoms with E-state index < -0.39 is 0 Å². The zero-order valence-electron chi connectivity index (χ0n) is 8.64. The predicted molar refractivity (Wildman–Crippen MR) is 62.7 cm³/mol. The highest BCUT2D eigenvalue weighted by Gasteiger charge is 1.75. The molecule has 0 bridgehead atoms. The molecule has 0 fully saturated rings. The summed E-state index contributed by atoms with van der Waals surface area (Å²) in [7, 11) is 0. The van der Waals surface area contributed by atoms with Gasteiger partial charge in [-0.1, -0.05) is 29.9 Å². The van der Waals surface area contributed by atoms with Crippen LogP contribution in [0, 0.1) is 0 Å². The molecule has 3 heteroatoms. The van der Waals surface area contributed by atoms with Gasteiger partial charge >= 0.3 is 0 Å². The highest BCUT2D eigenvalue weighted by atomic mass is 14.8. The summed E-state index contributed by atoms with van der Waals surface area (Å²) in [6.07, 6.45) is 12.8. The third-order valence-electron chi connectivity index (χ3n) is 1.31. The second kappa shape index (κ2) is 7.86. The summed E-state index contributed by atoms with van der Waals surface area (Å²) in [5.41, 5.74) is 11.5. The second-order valence-electron chi connectivity index (χ2n) is 2.72. The highest BCUT2D eigenvalue weighted by molar-refractivity contribution is 5.72. The maximum absolute atomic E-state index is 5.18. The van der Waals surface area contributed by atoms with Crippen LogP contribution in [-0.2, 0) is 0 Å². The van der Waals surface area contributed by atoms with E-state index in [1.54, 1.807) is 6.21 Å². The lowest BCUT2D eigenvalue weighted by molar-refractivity contribution is 1.22. The van der Waals surface area contributed by atoms with Crippen LogP contribution < -0.4 is 11.5 Å². The fourth-order valence-electron chi connectivity index (χ4n) is 0.677. The van der Waals surface area contributed by atoms with Crippen LogP contribution in [0.3, 0.4) is 0 Å². The quantitative estimate of drug-likeness (QED) is 0.526. The van der Waals surface area contributed by atoms with E-state index in [-0.39, 0.29) is 5.82 Å². The van der Waals surface area contributed by atoms with E-state index >= 15 is 0 Å². The third kappa shape index (κ3) is 8.33. The molecular formula is C11H17N3. The van der Waals surface area contributed by atoms with Gasteiger partial charge in [0.15, 0.2) is 0 Å². The Morgan fingerprint density at radius 2 is 1.93 bits per heavy atom. The average Bonchev–Trinajstić information content (AvgIpc) is 2.13. The SMILES string of the molecule is C\C=C/C=C(C)/C=C/C=N/C=C(N)N. The molecule has 0 heterocycles. The third-order valence-corrected chi connectivity index (χ3v) is 1.31. The molecule has 0 atom stereocenters. The van der Waals surface area contributed by atoms with Crippen LogP contribution in [0.25, 0.3) is 0 Å². The summed E-state index contributed by atoms with van der Waals surface area (Å²) in [5, 5.41) is 0. The van der Waals surface area contributed by atoms with Crippen LogP contribution in [-0.4, -0.2) is 6.21 Å². The van der Waals surface area contributed by atoms with Crippen LogP contribution in [0.5, 0.6) is 0 Å². The Kier molecular flexibility index (Phi) is 6.86. The van der Waals surface area contributed by atoms with E-state index in [1.807, 2.05) is 44.2 Å². The minimum absolute atomic E-state index is 0.204. The largest absolute Gasteiger partial charge is 0.384 e. The van der Waals surface area contributed by atoms with E-state index in [4.69, 9.17) is 11.5 Å². The van der Waals surface area contributed by atoms with Crippen LogP contribution >= 0.6 is 0 Å². The summed E-state index contributed by atoms with van der Waals surface area (Å²) >= 11 is 0. The Morgan fingerprint density at radius 1 is 1.21 bits per heavy atom. The molecule has 0 amide bonds. The van der Waals surface area contributed by atoms with E-state index in [9.17, 15) is 0 Å². The van der Waals surface area contributed by atoms with Gasteiger partial charge in [0, 0.05) is 6.21 Å². The first-order chi connectivity index (χ1) is 6.66. The molecule has 0 aromatic rings. The van der Waals surface area contributed by atoms with Crippen molar-refractivity contribution in [3.63, 3.8) is 0 Å². The number of hydrogen-bond donors (Lipinski definition) is 2. The lowest BCUT2D eigenvalue weighted by Crippen LogP contribution is -2.06. The summed E-state index contributed by atoms with van der Waals surface area (Å²) in [6.45, 7) is 3.99. The summed E-state index contributed by atoms with van der Waals surface area (Å²) in [4.78, 5) is 3.85. The van der Waals surface area contributed by atoms with Crippen molar-refractivity contribution >= 4 is 6.21 Å². The van der Waals surface area contributed by atoms with Crippen molar-refractivity contribution in [2.45, 2.75) is 13.8 Å². The van der Waals surface area contributed by atoms with Gasteiger partial charge in [0.25, 0.3) is 0 Å². The minimum atomic E-state index is 0.204. The van der Waals surface area contributed by atoms with Crippen LogP contribution in [0.4, 0.5) is 0 Å². The van der Waals surface area contributed by atoms with Crippen LogP contribution in [0.1, 0.15) is 13.8 Å². The maximum Gasteiger partial charge on any atom is 0.112 e. The molecule has 0 aromatic heterocycles. The molecule has 3 nitrogen and oxygen atoms in total. The van der Waals surface area contributed by atoms with E-state index in [0.717, 1.165) is 5.57 Å². The monoisotopic (exact) mass is 191 g/mol.